The Labute approximate surface area is 96.9 Å². The van der Waals surface area contributed by atoms with Crippen molar-refractivity contribution in [3.8, 4) is 0 Å². The van der Waals surface area contributed by atoms with Crippen LogP contribution in [0.5, 0.6) is 0 Å². The zero-order chi connectivity index (χ0) is 12.4. The van der Waals surface area contributed by atoms with Crippen LogP contribution in [0.15, 0.2) is 34.9 Å². The average molecular weight is 236 g/mol. The van der Waals surface area contributed by atoms with Crippen molar-refractivity contribution in [2.24, 2.45) is 0 Å². The number of furan rings is 1. The number of benzene rings is 1. The minimum absolute atomic E-state index is 0.150. The third-order valence-corrected chi connectivity index (χ3v) is 2.49. The van der Waals surface area contributed by atoms with Gasteiger partial charge in [0.1, 0.15) is 17.4 Å². The van der Waals surface area contributed by atoms with E-state index in [9.17, 15) is 13.6 Å². The molecule has 1 heterocycles. The van der Waals surface area contributed by atoms with Crippen LogP contribution in [-0.4, -0.2) is 5.78 Å². The zero-order valence-electron chi connectivity index (χ0n) is 9.17. The van der Waals surface area contributed by atoms with E-state index < -0.39 is 17.4 Å². The summed E-state index contributed by atoms with van der Waals surface area (Å²) in [5.41, 5.74) is 0.167. The first kappa shape index (κ1) is 11.5. The molecule has 4 heteroatoms. The van der Waals surface area contributed by atoms with Crippen molar-refractivity contribution in [3.63, 3.8) is 0 Å². The van der Waals surface area contributed by atoms with E-state index in [0.717, 1.165) is 12.1 Å². The topological polar surface area (TPSA) is 30.2 Å². The van der Waals surface area contributed by atoms with Crippen LogP contribution in [0.25, 0.3) is 0 Å². The molecule has 0 N–H and O–H groups in total. The van der Waals surface area contributed by atoms with Crippen LogP contribution in [0.3, 0.4) is 0 Å². The average Bonchev–Trinajstić information content (AvgIpc) is 2.76. The second-order valence-corrected chi connectivity index (χ2v) is 3.56. The normalized spacial score (nSPS) is 10.5. The number of carbonyl (C=O) groups excluding carboxylic acids is 1. The third-order valence-electron chi connectivity index (χ3n) is 2.49. The highest BCUT2D eigenvalue weighted by molar-refractivity contribution is 6.09. The van der Waals surface area contributed by atoms with Gasteiger partial charge >= 0.3 is 0 Å². The summed E-state index contributed by atoms with van der Waals surface area (Å²) in [6.07, 6.45) is 1.92. The molecular formula is C13H10F2O2. The molecular weight excluding hydrogens is 226 g/mol. The smallest absolute Gasteiger partial charge is 0.199 e. The Kier molecular flexibility index (Phi) is 3.04. The maximum atomic E-state index is 13.4. The van der Waals surface area contributed by atoms with E-state index in [1.54, 1.807) is 0 Å². The van der Waals surface area contributed by atoms with E-state index in [1.165, 1.54) is 12.3 Å². The Morgan fingerprint density at radius 1 is 1.24 bits per heavy atom. The standard InChI is InChI=1S/C13H10F2O2/c1-2-12-10(5-6-17-12)13(16)9-4-3-8(14)7-11(9)15/h3-7H,2H2,1H3. The summed E-state index contributed by atoms with van der Waals surface area (Å²) in [4.78, 5) is 12.0. The van der Waals surface area contributed by atoms with Crippen LogP contribution < -0.4 is 0 Å². The van der Waals surface area contributed by atoms with Crippen LogP contribution in [0, 0.1) is 11.6 Å². The number of carbonyl (C=O) groups is 1. The second-order valence-electron chi connectivity index (χ2n) is 3.56. The Morgan fingerprint density at radius 2 is 2.00 bits per heavy atom. The van der Waals surface area contributed by atoms with Gasteiger partial charge in [-0.1, -0.05) is 6.92 Å². The lowest BCUT2D eigenvalue weighted by atomic mass is 10.0. The van der Waals surface area contributed by atoms with Gasteiger partial charge in [-0.25, -0.2) is 8.78 Å². The number of hydrogen-bond donors (Lipinski definition) is 0. The zero-order valence-corrected chi connectivity index (χ0v) is 9.17. The molecule has 2 nitrogen and oxygen atoms in total. The second kappa shape index (κ2) is 4.49. The summed E-state index contributed by atoms with van der Waals surface area (Å²) in [6, 6.07) is 4.38. The molecule has 0 fully saturated rings. The molecule has 0 saturated carbocycles. The number of hydrogen-bond acceptors (Lipinski definition) is 2. The molecule has 0 amide bonds. The molecule has 0 radical (unpaired) electrons. The first-order valence-electron chi connectivity index (χ1n) is 5.19. The number of rotatable bonds is 3. The molecule has 0 atom stereocenters. The van der Waals surface area contributed by atoms with Gasteiger partial charge in [-0.05, 0) is 18.2 Å². The molecule has 0 aliphatic carbocycles. The minimum atomic E-state index is -0.863. The fraction of sp³-hybridized carbons (Fsp3) is 0.154. The largest absolute Gasteiger partial charge is 0.469 e. The van der Waals surface area contributed by atoms with E-state index in [2.05, 4.69) is 0 Å². The molecule has 2 aromatic rings. The van der Waals surface area contributed by atoms with Gasteiger partial charge in [-0.3, -0.25) is 4.79 Å². The van der Waals surface area contributed by atoms with Crippen molar-refractivity contribution < 1.29 is 18.0 Å². The molecule has 0 bridgehead atoms. The van der Waals surface area contributed by atoms with Crippen molar-refractivity contribution in [1.82, 2.24) is 0 Å². The molecule has 88 valence electrons. The lowest BCUT2D eigenvalue weighted by Gasteiger charge is -2.02. The SMILES string of the molecule is CCc1occc1C(=O)c1ccc(F)cc1F. The van der Waals surface area contributed by atoms with Gasteiger partial charge in [0.15, 0.2) is 5.78 Å². The van der Waals surface area contributed by atoms with Gasteiger partial charge in [-0.2, -0.15) is 0 Å². The van der Waals surface area contributed by atoms with E-state index >= 15 is 0 Å². The lowest BCUT2D eigenvalue weighted by Crippen LogP contribution is -2.05. The fourth-order valence-corrected chi connectivity index (χ4v) is 1.64. The predicted octanol–water partition coefficient (Wildman–Crippen LogP) is 3.35. The van der Waals surface area contributed by atoms with Crippen LogP contribution in [0.2, 0.25) is 0 Å². The summed E-state index contributed by atoms with van der Waals surface area (Å²) < 4.78 is 31.3. The van der Waals surface area contributed by atoms with Gasteiger partial charge in [0.2, 0.25) is 0 Å². The first-order chi connectivity index (χ1) is 8.13. The number of halogens is 2. The summed E-state index contributed by atoms with van der Waals surface area (Å²) >= 11 is 0. The highest BCUT2D eigenvalue weighted by Gasteiger charge is 2.18. The third kappa shape index (κ3) is 2.11. The van der Waals surface area contributed by atoms with Crippen molar-refractivity contribution in [1.29, 1.82) is 0 Å². The van der Waals surface area contributed by atoms with Gasteiger partial charge in [0.25, 0.3) is 0 Å². The first-order valence-corrected chi connectivity index (χ1v) is 5.19. The van der Waals surface area contributed by atoms with Crippen molar-refractivity contribution in [2.45, 2.75) is 13.3 Å². The Bertz CT molecular complexity index is 558. The van der Waals surface area contributed by atoms with Gasteiger partial charge in [0.05, 0.1) is 17.4 Å². The Balaban J connectivity index is 2.44. The molecule has 2 rings (SSSR count). The molecule has 0 unspecified atom stereocenters. The summed E-state index contributed by atoms with van der Waals surface area (Å²) in [7, 11) is 0. The Hall–Kier alpha value is -1.97. The van der Waals surface area contributed by atoms with Crippen LogP contribution in [0.1, 0.15) is 28.6 Å². The number of aryl methyl sites for hydroxylation is 1. The van der Waals surface area contributed by atoms with E-state index in [0.29, 0.717) is 23.8 Å². The number of ketones is 1. The summed E-state index contributed by atoms with van der Waals surface area (Å²) in [5.74, 6) is -1.56. The van der Waals surface area contributed by atoms with Crippen molar-refractivity contribution in [3.05, 3.63) is 59.1 Å². The molecule has 0 spiro atoms. The van der Waals surface area contributed by atoms with Crippen LogP contribution in [0.4, 0.5) is 8.78 Å². The van der Waals surface area contributed by atoms with E-state index in [-0.39, 0.29) is 5.56 Å². The molecule has 1 aromatic heterocycles. The summed E-state index contributed by atoms with van der Waals surface area (Å²) in [6.45, 7) is 1.83. The van der Waals surface area contributed by atoms with Gasteiger partial charge in [-0.15, -0.1) is 0 Å². The molecule has 1 aromatic carbocycles. The molecule has 0 aliphatic rings. The highest BCUT2D eigenvalue weighted by Crippen LogP contribution is 2.19. The maximum absolute atomic E-state index is 13.4. The minimum Gasteiger partial charge on any atom is -0.469 e. The highest BCUT2D eigenvalue weighted by atomic mass is 19.1. The van der Waals surface area contributed by atoms with E-state index in [4.69, 9.17) is 4.42 Å². The summed E-state index contributed by atoms with van der Waals surface area (Å²) in [5, 5.41) is 0. The Morgan fingerprint density at radius 3 is 2.65 bits per heavy atom. The van der Waals surface area contributed by atoms with Gasteiger partial charge < -0.3 is 4.42 Å². The van der Waals surface area contributed by atoms with Crippen LogP contribution >= 0.6 is 0 Å². The quantitative estimate of drug-likeness (QED) is 0.765. The lowest BCUT2D eigenvalue weighted by molar-refractivity contribution is 0.103. The van der Waals surface area contributed by atoms with Crippen molar-refractivity contribution >= 4 is 5.78 Å². The molecule has 0 aliphatic heterocycles. The predicted molar refractivity (Wildman–Crippen MR) is 57.9 cm³/mol. The maximum Gasteiger partial charge on any atom is 0.199 e. The fourth-order valence-electron chi connectivity index (χ4n) is 1.64. The monoisotopic (exact) mass is 236 g/mol. The van der Waals surface area contributed by atoms with Crippen molar-refractivity contribution in [2.75, 3.05) is 0 Å². The molecule has 0 saturated heterocycles. The van der Waals surface area contributed by atoms with E-state index in [1.807, 2.05) is 6.92 Å². The molecule has 17 heavy (non-hydrogen) atoms. The van der Waals surface area contributed by atoms with Crippen LogP contribution in [-0.2, 0) is 6.42 Å². The van der Waals surface area contributed by atoms with Gasteiger partial charge in [0, 0.05) is 12.5 Å².